The molecule has 1 aliphatic heterocycles. The summed E-state index contributed by atoms with van der Waals surface area (Å²) >= 11 is 0. The van der Waals surface area contributed by atoms with Gasteiger partial charge in [-0.25, -0.2) is 8.42 Å². The van der Waals surface area contributed by atoms with Gasteiger partial charge in [-0.05, 0) is 25.3 Å². The molecule has 1 saturated heterocycles. The second-order valence-electron chi connectivity index (χ2n) is 6.29. The molecule has 2 aromatic rings. The highest BCUT2D eigenvalue weighted by Gasteiger charge is 2.32. The molecule has 134 valence electrons. The maximum Gasteiger partial charge on any atom is 0.289 e. The quantitative estimate of drug-likeness (QED) is 0.820. The Labute approximate surface area is 148 Å². The Balaban J connectivity index is 1.80. The number of benzene rings is 1. The number of carbonyl (C=O) groups excluding carboxylic acids is 1. The van der Waals surface area contributed by atoms with Gasteiger partial charge in [0, 0.05) is 32.7 Å². The highest BCUT2D eigenvalue weighted by molar-refractivity contribution is 7.89. The van der Waals surface area contributed by atoms with Crippen molar-refractivity contribution < 1.29 is 17.6 Å². The van der Waals surface area contributed by atoms with Gasteiger partial charge in [0.1, 0.15) is 10.7 Å². The predicted molar refractivity (Wildman–Crippen MR) is 93.7 cm³/mol. The van der Waals surface area contributed by atoms with E-state index in [1.54, 1.807) is 14.0 Å². The zero-order valence-corrected chi connectivity index (χ0v) is 15.3. The molecule has 1 aromatic carbocycles. The van der Waals surface area contributed by atoms with Crippen molar-refractivity contribution in [3.8, 4) is 0 Å². The molecule has 3 rings (SSSR count). The molecular formula is C18H22N2O4S. The maximum atomic E-state index is 12.7. The largest absolute Gasteiger partial charge is 0.455 e. The predicted octanol–water partition coefficient (Wildman–Crippen LogP) is 2.64. The van der Waals surface area contributed by atoms with Crippen molar-refractivity contribution in [2.24, 2.45) is 0 Å². The van der Waals surface area contributed by atoms with E-state index >= 15 is 0 Å². The molecule has 6 nitrogen and oxygen atoms in total. The first-order chi connectivity index (χ1) is 11.9. The van der Waals surface area contributed by atoms with Crippen LogP contribution in [0.1, 0.15) is 34.7 Å². The second-order valence-corrected chi connectivity index (χ2v) is 8.20. The van der Waals surface area contributed by atoms with Crippen LogP contribution < -0.4 is 0 Å². The SMILES string of the molecule is Cc1oc(C(=O)N(C)Cc2ccccc2)cc1S(=O)(=O)N1CCCC1. The molecule has 7 heteroatoms. The second kappa shape index (κ2) is 7.01. The third-order valence-electron chi connectivity index (χ3n) is 4.38. The molecule has 1 amide bonds. The molecule has 2 heterocycles. The molecule has 1 fully saturated rings. The van der Waals surface area contributed by atoms with E-state index < -0.39 is 10.0 Å². The lowest BCUT2D eigenvalue weighted by molar-refractivity contribution is 0.0752. The van der Waals surface area contributed by atoms with Crippen LogP contribution in [0.25, 0.3) is 0 Å². The molecule has 1 aliphatic rings. The summed E-state index contributed by atoms with van der Waals surface area (Å²) in [5.74, 6) is -0.0353. The summed E-state index contributed by atoms with van der Waals surface area (Å²) in [7, 11) is -1.93. The Morgan fingerprint density at radius 1 is 1.20 bits per heavy atom. The van der Waals surface area contributed by atoms with Gasteiger partial charge in [-0.15, -0.1) is 0 Å². The Hall–Kier alpha value is -2.12. The van der Waals surface area contributed by atoms with E-state index in [4.69, 9.17) is 4.42 Å². The van der Waals surface area contributed by atoms with E-state index in [0.29, 0.717) is 19.6 Å². The first-order valence-electron chi connectivity index (χ1n) is 8.29. The summed E-state index contributed by atoms with van der Waals surface area (Å²) in [5, 5.41) is 0. The first-order valence-corrected chi connectivity index (χ1v) is 9.73. The number of aryl methyl sites for hydroxylation is 1. The molecule has 25 heavy (non-hydrogen) atoms. The van der Waals surface area contributed by atoms with Crippen LogP contribution in [0.2, 0.25) is 0 Å². The van der Waals surface area contributed by atoms with Crippen LogP contribution in [0, 0.1) is 6.92 Å². The summed E-state index contributed by atoms with van der Waals surface area (Å²) in [6, 6.07) is 10.9. The lowest BCUT2D eigenvalue weighted by atomic mass is 10.2. The third kappa shape index (κ3) is 3.62. The van der Waals surface area contributed by atoms with E-state index in [2.05, 4.69) is 0 Å². The zero-order valence-electron chi connectivity index (χ0n) is 14.4. The lowest BCUT2D eigenvalue weighted by Gasteiger charge is -2.15. The van der Waals surface area contributed by atoms with Crippen LogP contribution in [0.5, 0.6) is 0 Å². The molecular weight excluding hydrogens is 340 g/mol. The Kier molecular flexibility index (Phi) is 4.96. The van der Waals surface area contributed by atoms with E-state index in [0.717, 1.165) is 18.4 Å². The molecule has 0 atom stereocenters. The van der Waals surface area contributed by atoms with Crippen LogP contribution in [0.15, 0.2) is 45.7 Å². The number of sulfonamides is 1. The highest BCUT2D eigenvalue weighted by Crippen LogP contribution is 2.27. The van der Waals surface area contributed by atoms with Crippen LogP contribution in [0.3, 0.4) is 0 Å². The number of amides is 1. The van der Waals surface area contributed by atoms with Gasteiger partial charge in [0.15, 0.2) is 5.76 Å². The highest BCUT2D eigenvalue weighted by atomic mass is 32.2. The van der Waals surface area contributed by atoms with Gasteiger partial charge in [-0.2, -0.15) is 4.31 Å². The number of furan rings is 1. The monoisotopic (exact) mass is 362 g/mol. The number of hydrogen-bond donors (Lipinski definition) is 0. The normalized spacial score (nSPS) is 15.4. The van der Waals surface area contributed by atoms with Crippen molar-refractivity contribution in [3.63, 3.8) is 0 Å². The van der Waals surface area contributed by atoms with E-state index in [1.807, 2.05) is 30.3 Å². The average Bonchev–Trinajstić information content (AvgIpc) is 3.25. The van der Waals surface area contributed by atoms with Crippen LogP contribution >= 0.6 is 0 Å². The van der Waals surface area contributed by atoms with E-state index in [1.165, 1.54) is 15.3 Å². The van der Waals surface area contributed by atoms with Crippen molar-refractivity contribution in [1.29, 1.82) is 0 Å². The first kappa shape index (κ1) is 17.7. The van der Waals surface area contributed by atoms with Crippen molar-refractivity contribution >= 4 is 15.9 Å². The molecule has 0 aliphatic carbocycles. The number of rotatable bonds is 5. The van der Waals surface area contributed by atoms with Crippen LogP contribution in [-0.4, -0.2) is 43.7 Å². The summed E-state index contributed by atoms with van der Waals surface area (Å²) in [5.41, 5.74) is 0.992. The van der Waals surface area contributed by atoms with Crippen LogP contribution in [-0.2, 0) is 16.6 Å². The molecule has 0 bridgehead atoms. The fourth-order valence-electron chi connectivity index (χ4n) is 3.01. The molecule has 0 N–H and O–H groups in total. The van der Waals surface area contributed by atoms with Gasteiger partial charge in [-0.3, -0.25) is 4.79 Å². The van der Waals surface area contributed by atoms with Gasteiger partial charge >= 0.3 is 0 Å². The zero-order chi connectivity index (χ0) is 18.0. The Bertz CT molecular complexity index is 852. The van der Waals surface area contributed by atoms with Crippen molar-refractivity contribution in [2.45, 2.75) is 31.2 Å². The number of hydrogen-bond acceptors (Lipinski definition) is 4. The van der Waals surface area contributed by atoms with Gasteiger partial charge in [0.25, 0.3) is 5.91 Å². The van der Waals surface area contributed by atoms with Gasteiger partial charge in [0.05, 0.1) is 0 Å². The molecule has 0 radical (unpaired) electrons. The average molecular weight is 362 g/mol. The maximum absolute atomic E-state index is 12.7. The Morgan fingerprint density at radius 2 is 1.84 bits per heavy atom. The molecule has 0 spiro atoms. The van der Waals surface area contributed by atoms with Gasteiger partial charge in [-0.1, -0.05) is 30.3 Å². The fraction of sp³-hybridized carbons (Fsp3) is 0.389. The summed E-state index contributed by atoms with van der Waals surface area (Å²) in [6.07, 6.45) is 1.73. The summed E-state index contributed by atoms with van der Waals surface area (Å²) in [4.78, 5) is 14.2. The lowest BCUT2D eigenvalue weighted by Crippen LogP contribution is -2.28. The Morgan fingerprint density at radius 3 is 2.48 bits per heavy atom. The van der Waals surface area contributed by atoms with Crippen molar-refractivity contribution in [3.05, 3.63) is 53.5 Å². The molecule has 0 saturated carbocycles. The minimum atomic E-state index is -3.60. The van der Waals surface area contributed by atoms with Crippen LogP contribution in [0.4, 0.5) is 0 Å². The van der Waals surface area contributed by atoms with Crippen molar-refractivity contribution in [2.75, 3.05) is 20.1 Å². The minimum absolute atomic E-state index is 0.0497. The van der Waals surface area contributed by atoms with E-state index in [-0.39, 0.29) is 22.3 Å². The summed E-state index contributed by atoms with van der Waals surface area (Å²) < 4.78 is 32.3. The van der Waals surface area contributed by atoms with Gasteiger partial charge in [0.2, 0.25) is 10.0 Å². The number of carbonyl (C=O) groups is 1. The fourth-order valence-corrected chi connectivity index (χ4v) is 4.69. The summed E-state index contributed by atoms with van der Waals surface area (Å²) in [6.45, 7) is 3.04. The molecule has 0 unspecified atom stereocenters. The smallest absolute Gasteiger partial charge is 0.289 e. The standard InChI is InChI=1S/C18H22N2O4S/c1-14-17(25(22,23)20-10-6-7-11-20)12-16(24-14)18(21)19(2)13-15-8-4-3-5-9-15/h3-5,8-9,12H,6-7,10-11,13H2,1-2H3. The van der Waals surface area contributed by atoms with Crippen molar-refractivity contribution in [1.82, 2.24) is 9.21 Å². The number of nitrogens with zero attached hydrogens (tertiary/aromatic N) is 2. The third-order valence-corrected chi connectivity index (χ3v) is 6.38. The topological polar surface area (TPSA) is 70.8 Å². The molecule has 1 aromatic heterocycles. The van der Waals surface area contributed by atoms with E-state index in [9.17, 15) is 13.2 Å². The van der Waals surface area contributed by atoms with Gasteiger partial charge < -0.3 is 9.32 Å². The minimum Gasteiger partial charge on any atom is -0.455 e.